The van der Waals surface area contributed by atoms with Gasteiger partial charge in [-0.25, -0.2) is 0 Å². The van der Waals surface area contributed by atoms with Gasteiger partial charge in [-0.2, -0.15) is 0 Å². The highest BCUT2D eigenvalue weighted by atomic mass is 16.5. The average molecular weight is 297 g/mol. The number of carbonyl (C=O) groups excluding carboxylic acids is 3. The third kappa shape index (κ3) is 5.14. The van der Waals surface area contributed by atoms with Crippen LogP contribution in [-0.2, 0) is 19.1 Å². The normalized spacial score (nSPS) is 17.7. The number of hydrogen-bond acceptors (Lipinski definition) is 4. The van der Waals surface area contributed by atoms with Crippen LogP contribution in [0.25, 0.3) is 0 Å². The largest absolute Gasteiger partial charge is 0.466 e. The maximum Gasteiger partial charge on any atom is 0.313 e. The standard InChI is InChI=1S/C16H27NO4/c1-5-21-15(19)10-14(18)13-6-8-17(9-7-13)16(20)12(4)11(2)3/h11-13H,5-10H2,1-4H3. The van der Waals surface area contributed by atoms with Crippen molar-refractivity contribution in [2.24, 2.45) is 17.8 Å². The Morgan fingerprint density at radius 2 is 1.71 bits per heavy atom. The molecule has 1 heterocycles. The van der Waals surface area contributed by atoms with E-state index in [2.05, 4.69) is 0 Å². The van der Waals surface area contributed by atoms with Gasteiger partial charge >= 0.3 is 5.97 Å². The van der Waals surface area contributed by atoms with Crippen LogP contribution in [-0.4, -0.2) is 42.3 Å². The van der Waals surface area contributed by atoms with Crippen molar-refractivity contribution in [2.45, 2.75) is 47.0 Å². The van der Waals surface area contributed by atoms with Crippen LogP contribution >= 0.6 is 0 Å². The molecule has 0 aromatic rings. The topological polar surface area (TPSA) is 63.7 Å². The fraction of sp³-hybridized carbons (Fsp3) is 0.812. The zero-order chi connectivity index (χ0) is 16.0. The summed E-state index contributed by atoms with van der Waals surface area (Å²) in [4.78, 5) is 37.4. The van der Waals surface area contributed by atoms with Crippen LogP contribution in [0.5, 0.6) is 0 Å². The van der Waals surface area contributed by atoms with Gasteiger partial charge in [0.2, 0.25) is 5.91 Å². The highest BCUT2D eigenvalue weighted by Crippen LogP contribution is 2.22. The number of amides is 1. The van der Waals surface area contributed by atoms with Crippen molar-refractivity contribution in [1.82, 2.24) is 4.90 Å². The van der Waals surface area contributed by atoms with Gasteiger partial charge in [0.1, 0.15) is 12.2 Å². The fourth-order valence-electron chi connectivity index (χ4n) is 2.49. The monoisotopic (exact) mass is 297 g/mol. The minimum absolute atomic E-state index is 0.0109. The lowest BCUT2D eigenvalue weighted by Crippen LogP contribution is -2.43. The van der Waals surface area contributed by atoms with E-state index in [0.29, 0.717) is 38.5 Å². The Balaban J connectivity index is 2.43. The van der Waals surface area contributed by atoms with Crippen molar-refractivity contribution in [3.8, 4) is 0 Å². The van der Waals surface area contributed by atoms with Crippen molar-refractivity contribution in [3.63, 3.8) is 0 Å². The highest BCUT2D eigenvalue weighted by molar-refractivity contribution is 5.96. The number of piperidine rings is 1. The number of ketones is 1. The smallest absolute Gasteiger partial charge is 0.313 e. The molecule has 1 fully saturated rings. The summed E-state index contributed by atoms with van der Waals surface area (Å²) < 4.78 is 4.80. The lowest BCUT2D eigenvalue weighted by Gasteiger charge is -2.33. The molecule has 0 radical (unpaired) electrons. The van der Waals surface area contributed by atoms with Gasteiger partial charge in [-0.3, -0.25) is 14.4 Å². The van der Waals surface area contributed by atoms with Crippen molar-refractivity contribution >= 4 is 17.7 Å². The molecule has 21 heavy (non-hydrogen) atoms. The summed E-state index contributed by atoms with van der Waals surface area (Å²) in [5.74, 6) is -0.126. The summed E-state index contributed by atoms with van der Waals surface area (Å²) in [6.07, 6.45) is 1.15. The molecule has 120 valence electrons. The van der Waals surface area contributed by atoms with E-state index in [-0.39, 0.29) is 29.9 Å². The number of ether oxygens (including phenoxy) is 1. The molecule has 0 aliphatic carbocycles. The van der Waals surface area contributed by atoms with Crippen LogP contribution in [0.3, 0.4) is 0 Å². The third-order valence-electron chi connectivity index (χ3n) is 4.28. The van der Waals surface area contributed by atoms with Crippen molar-refractivity contribution in [1.29, 1.82) is 0 Å². The maximum absolute atomic E-state index is 12.2. The molecule has 0 N–H and O–H groups in total. The second kappa shape index (κ2) is 8.15. The van der Waals surface area contributed by atoms with Crippen LogP contribution in [0.4, 0.5) is 0 Å². The predicted molar refractivity (Wildman–Crippen MR) is 79.6 cm³/mol. The molecule has 1 aliphatic rings. The summed E-state index contributed by atoms with van der Waals surface area (Å²) in [5, 5.41) is 0. The number of Topliss-reactive ketones (excluding diaryl/α,β-unsaturated/α-hetero) is 1. The summed E-state index contributed by atoms with van der Waals surface area (Å²) in [7, 11) is 0. The van der Waals surface area contributed by atoms with Gasteiger partial charge in [-0.1, -0.05) is 20.8 Å². The van der Waals surface area contributed by atoms with Crippen LogP contribution < -0.4 is 0 Å². The Hall–Kier alpha value is -1.39. The molecular formula is C16H27NO4. The Morgan fingerprint density at radius 3 is 2.19 bits per heavy atom. The summed E-state index contributed by atoms with van der Waals surface area (Å²) in [6.45, 7) is 9.26. The molecule has 1 atom stereocenters. The third-order valence-corrected chi connectivity index (χ3v) is 4.28. The van der Waals surface area contributed by atoms with Crippen LogP contribution in [0.15, 0.2) is 0 Å². The lowest BCUT2D eigenvalue weighted by molar-refractivity contribution is -0.147. The Bertz CT molecular complexity index is 384. The number of esters is 1. The van der Waals surface area contributed by atoms with E-state index in [1.54, 1.807) is 6.92 Å². The SMILES string of the molecule is CCOC(=O)CC(=O)C1CCN(C(=O)C(C)C(C)C)CC1. The van der Waals surface area contributed by atoms with Gasteiger partial charge < -0.3 is 9.64 Å². The molecule has 0 aromatic heterocycles. The molecule has 1 aliphatic heterocycles. The zero-order valence-electron chi connectivity index (χ0n) is 13.6. The van der Waals surface area contributed by atoms with Crippen molar-refractivity contribution < 1.29 is 19.1 Å². The molecule has 0 aromatic carbocycles. The maximum atomic E-state index is 12.2. The van der Waals surface area contributed by atoms with Crippen LogP contribution in [0.2, 0.25) is 0 Å². The number of carbonyl (C=O) groups is 3. The van der Waals surface area contributed by atoms with Gasteiger partial charge in [-0.05, 0) is 25.7 Å². The number of rotatable bonds is 6. The van der Waals surface area contributed by atoms with E-state index in [9.17, 15) is 14.4 Å². The Labute approximate surface area is 127 Å². The molecule has 0 saturated carbocycles. The first-order valence-corrected chi connectivity index (χ1v) is 7.83. The summed E-state index contributed by atoms with van der Waals surface area (Å²) in [5.41, 5.74) is 0. The fourth-order valence-corrected chi connectivity index (χ4v) is 2.49. The second-order valence-electron chi connectivity index (χ2n) is 6.08. The molecule has 5 heteroatoms. The number of nitrogens with zero attached hydrogens (tertiary/aromatic N) is 1. The first kappa shape index (κ1) is 17.7. The molecule has 1 saturated heterocycles. The first-order chi connectivity index (χ1) is 9.86. The minimum Gasteiger partial charge on any atom is -0.466 e. The van der Waals surface area contributed by atoms with Gasteiger partial charge in [0.25, 0.3) is 0 Å². The molecule has 1 rings (SSSR count). The van der Waals surface area contributed by atoms with E-state index < -0.39 is 5.97 Å². The number of likely N-dealkylation sites (tertiary alicyclic amines) is 1. The van der Waals surface area contributed by atoms with E-state index in [0.717, 1.165) is 0 Å². The quantitative estimate of drug-likeness (QED) is 0.556. The molecule has 0 bridgehead atoms. The van der Waals surface area contributed by atoms with Crippen LogP contribution in [0.1, 0.15) is 47.0 Å². The van der Waals surface area contributed by atoms with E-state index >= 15 is 0 Å². The molecular weight excluding hydrogens is 270 g/mol. The molecule has 0 spiro atoms. The molecule has 1 amide bonds. The van der Waals surface area contributed by atoms with E-state index in [1.165, 1.54) is 0 Å². The molecule has 5 nitrogen and oxygen atoms in total. The Morgan fingerprint density at radius 1 is 1.14 bits per heavy atom. The van der Waals surface area contributed by atoms with Crippen molar-refractivity contribution in [3.05, 3.63) is 0 Å². The predicted octanol–water partition coefficient (Wildman–Crippen LogP) is 2.04. The summed E-state index contributed by atoms with van der Waals surface area (Å²) >= 11 is 0. The van der Waals surface area contributed by atoms with Crippen LogP contribution in [0, 0.1) is 17.8 Å². The van der Waals surface area contributed by atoms with Gasteiger partial charge in [-0.15, -0.1) is 0 Å². The van der Waals surface area contributed by atoms with Gasteiger partial charge in [0, 0.05) is 24.9 Å². The average Bonchev–Trinajstić information content (AvgIpc) is 2.45. The van der Waals surface area contributed by atoms with E-state index in [1.807, 2.05) is 25.7 Å². The summed E-state index contributed by atoms with van der Waals surface area (Å²) in [6, 6.07) is 0. The lowest BCUT2D eigenvalue weighted by atomic mass is 9.89. The highest BCUT2D eigenvalue weighted by Gasteiger charge is 2.30. The zero-order valence-corrected chi connectivity index (χ0v) is 13.6. The minimum atomic E-state index is -0.450. The van der Waals surface area contributed by atoms with E-state index in [4.69, 9.17) is 4.74 Å². The Kier molecular flexibility index (Phi) is 6.85. The van der Waals surface area contributed by atoms with Gasteiger partial charge in [0.05, 0.1) is 6.61 Å². The number of hydrogen-bond donors (Lipinski definition) is 0. The second-order valence-corrected chi connectivity index (χ2v) is 6.08. The van der Waals surface area contributed by atoms with Crippen molar-refractivity contribution in [2.75, 3.05) is 19.7 Å². The first-order valence-electron chi connectivity index (χ1n) is 7.83. The van der Waals surface area contributed by atoms with Gasteiger partial charge in [0.15, 0.2) is 0 Å². The molecule has 1 unspecified atom stereocenters.